The predicted octanol–water partition coefficient (Wildman–Crippen LogP) is 4.38. The maximum atomic E-state index is 11.9. The Labute approximate surface area is 174 Å². The molecule has 1 aromatic carbocycles. The van der Waals surface area contributed by atoms with Gasteiger partial charge in [-0.1, -0.05) is 19.8 Å². The van der Waals surface area contributed by atoms with Gasteiger partial charge in [-0.25, -0.2) is 14.6 Å². The minimum atomic E-state index is -0.403. The molecule has 30 heavy (non-hydrogen) atoms. The van der Waals surface area contributed by atoms with Crippen molar-refractivity contribution in [1.29, 1.82) is 0 Å². The summed E-state index contributed by atoms with van der Waals surface area (Å²) in [6.07, 6.45) is 9.05. The summed E-state index contributed by atoms with van der Waals surface area (Å²) in [6, 6.07) is 8.66. The van der Waals surface area contributed by atoms with Crippen LogP contribution >= 0.6 is 0 Å². The number of rotatable bonds is 7. The average Bonchev–Trinajstić information content (AvgIpc) is 3.30. The van der Waals surface area contributed by atoms with Crippen LogP contribution in [0.25, 0.3) is 5.69 Å². The first-order valence-corrected chi connectivity index (χ1v) is 10.2. The molecule has 4 rings (SSSR count). The van der Waals surface area contributed by atoms with Crippen molar-refractivity contribution in [2.24, 2.45) is 5.92 Å². The highest BCUT2D eigenvalue weighted by molar-refractivity contribution is 5.66. The van der Waals surface area contributed by atoms with E-state index in [2.05, 4.69) is 22.0 Å². The zero-order valence-electron chi connectivity index (χ0n) is 16.8. The highest BCUT2D eigenvalue weighted by Gasteiger charge is 2.29. The van der Waals surface area contributed by atoms with Gasteiger partial charge < -0.3 is 9.64 Å². The van der Waals surface area contributed by atoms with Crippen LogP contribution in [-0.4, -0.2) is 37.8 Å². The highest BCUT2D eigenvalue weighted by atomic mass is 16.6. The van der Waals surface area contributed by atoms with E-state index in [1.807, 2.05) is 17.0 Å². The lowest BCUT2D eigenvalue weighted by Gasteiger charge is -2.32. The van der Waals surface area contributed by atoms with E-state index < -0.39 is 4.92 Å². The highest BCUT2D eigenvalue weighted by Crippen LogP contribution is 2.39. The third-order valence-electron chi connectivity index (χ3n) is 5.41. The zero-order chi connectivity index (χ0) is 20.9. The number of hydrogen-bond donors (Lipinski definition) is 0. The van der Waals surface area contributed by atoms with Gasteiger partial charge in [0, 0.05) is 25.4 Å². The number of piperidine rings is 1. The Morgan fingerprint density at radius 2 is 1.97 bits per heavy atom. The second-order valence-corrected chi connectivity index (χ2v) is 7.39. The first-order chi connectivity index (χ1) is 14.7. The molecule has 0 bridgehead atoms. The lowest BCUT2D eigenvalue weighted by Crippen LogP contribution is -2.34. The van der Waals surface area contributed by atoms with Gasteiger partial charge in [0.15, 0.2) is 0 Å². The molecule has 3 aromatic rings. The summed E-state index contributed by atoms with van der Waals surface area (Å²) in [4.78, 5) is 21.7. The maximum absolute atomic E-state index is 11.9. The summed E-state index contributed by atoms with van der Waals surface area (Å²) in [6.45, 7) is 3.74. The molecule has 3 heterocycles. The fourth-order valence-corrected chi connectivity index (χ4v) is 3.89. The Hall–Kier alpha value is -3.49. The lowest BCUT2D eigenvalue weighted by atomic mass is 9.92. The van der Waals surface area contributed by atoms with Gasteiger partial charge in [0.05, 0.1) is 10.6 Å². The number of benzene rings is 1. The molecule has 1 aliphatic rings. The first-order valence-electron chi connectivity index (χ1n) is 10.2. The number of anilines is 1. The van der Waals surface area contributed by atoms with Crippen LogP contribution in [0.3, 0.4) is 0 Å². The Kier molecular flexibility index (Phi) is 5.87. The summed E-state index contributed by atoms with van der Waals surface area (Å²) in [5, 5.41) is 16.0. The fourth-order valence-electron chi connectivity index (χ4n) is 3.89. The van der Waals surface area contributed by atoms with Gasteiger partial charge in [0.25, 0.3) is 0 Å². The van der Waals surface area contributed by atoms with Crippen LogP contribution in [0.4, 0.5) is 11.5 Å². The third-order valence-corrected chi connectivity index (χ3v) is 5.41. The molecule has 0 unspecified atom stereocenters. The summed E-state index contributed by atoms with van der Waals surface area (Å²) in [7, 11) is 0. The Morgan fingerprint density at radius 3 is 2.60 bits per heavy atom. The number of nitrogens with zero attached hydrogens (tertiary/aromatic N) is 6. The molecule has 156 valence electrons. The van der Waals surface area contributed by atoms with Gasteiger partial charge in [-0.15, -0.1) is 0 Å². The molecule has 1 fully saturated rings. The monoisotopic (exact) mass is 408 g/mol. The van der Waals surface area contributed by atoms with Gasteiger partial charge in [0.2, 0.25) is 11.6 Å². The van der Waals surface area contributed by atoms with Crippen LogP contribution in [0.5, 0.6) is 11.5 Å². The molecular weight excluding hydrogens is 384 g/mol. The van der Waals surface area contributed by atoms with Crippen LogP contribution in [0.15, 0.2) is 49.2 Å². The molecule has 0 spiro atoms. The predicted molar refractivity (Wildman–Crippen MR) is 112 cm³/mol. The standard InChI is InChI=1S/C21H24N6O3/c1-2-3-16-9-12-25(13-10-16)21-20(27(28)29)19(8-11-23-21)30-18-6-4-17(5-7-18)26-15-22-14-24-26/h4-8,11,14-16H,2-3,9-10,12-13H2,1H3. The SMILES string of the molecule is CCCC1CCN(c2nccc(Oc3ccc(-n4cncn4)cc3)c2[N+](=O)[O-])CC1. The fraction of sp³-hybridized carbons (Fsp3) is 0.381. The molecule has 0 N–H and O–H groups in total. The first kappa shape index (κ1) is 19.8. The van der Waals surface area contributed by atoms with Crippen molar-refractivity contribution in [2.75, 3.05) is 18.0 Å². The van der Waals surface area contributed by atoms with E-state index >= 15 is 0 Å². The average molecular weight is 408 g/mol. The minimum absolute atomic E-state index is 0.0909. The van der Waals surface area contributed by atoms with Crippen LogP contribution < -0.4 is 9.64 Å². The van der Waals surface area contributed by atoms with Gasteiger partial charge in [-0.3, -0.25) is 10.1 Å². The number of ether oxygens (including phenoxy) is 1. The second-order valence-electron chi connectivity index (χ2n) is 7.39. The van der Waals surface area contributed by atoms with E-state index in [1.54, 1.807) is 29.3 Å². The molecule has 0 aliphatic carbocycles. The van der Waals surface area contributed by atoms with Crippen molar-refractivity contribution in [2.45, 2.75) is 32.6 Å². The van der Waals surface area contributed by atoms with E-state index in [9.17, 15) is 10.1 Å². The van der Waals surface area contributed by atoms with Gasteiger partial charge in [0.1, 0.15) is 18.4 Å². The maximum Gasteiger partial charge on any atom is 0.353 e. The summed E-state index contributed by atoms with van der Waals surface area (Å²) in [5.41, 5.74) is 0.728. The topological polar surface area (TPSA) is 99.2 Å². The third kappa shape index (κ3) is 4.24. The number of aromatic nitrogens is 4. The van der Waals surface area contributed by atoms with Crippen molar-refractivity contribution < 1.29 is 9.66 Å². The molecule has 2 aromatic heterocycles. The van der Waals surface area contributed by atoms with Crippen molar-refractivity contribution in [3.63, 3.8) is 0 Å². The molecule has 9 heteroatoms. The molecule has 0 atom stereocenters. The molecule has 0 saturated carbocycles. The van der Waals surface area contributed by atoms with E-state index in [1.165, 1.54) is 25.2 Å². The number of nitro groups is 1. The molecule has 0 radical (unpaired) electrons. The van der Waals surface area contributed by atoms with E-state index in [-0.39, 0.29) is 11.4 Å². The van der Waals surface area contributed by atoms with E-state index in [0.717, 1.165) is 31.6 Å². The molecular formula is C21H24N6O3. The Morgan fingerprint density at radius 1 is 1.20 bits per heavy atom. The van der Waals surface area contributed by atoms with Gasteiger partial charge in [-0.05, 0) is 43.0 Å². The van der Waals surface area contributed by atoms with Crippen molar-refractivity contribution in [3.05, 3.63) is 59.3 Å². The minimum Gasteiger partial charge on any atom is -0.450 e. The molecule has 0 amide bonds. The smallest absolute Gasteiger partial charge is 0.353 e. The summed E-state index contributed by atoms with van der Waals surface area (Å²) >= 11 is 0. The second kappa shape index (κ2) is 8.89. The van der Waals surface area contributed by atoms with E-state index in [4.69, 9.17) is 4.74 Å². The number of pyridine rings is 1. The summed E-state index contributed by atoms with van der Waals surface area (Å²) < 4.78 is 7.50. The normalized spacial score (nSPS) is 14.6. The summed E-state index contributed by atoms with van der Waals surface area (Å²) in [5.74, 6) is 1.76. The van der Waals surface area contributed by atoms with Crippen LogP contribution in [-0.2, 0) is 0 Å². The largest absolute Gasteiger partial charge is 0.450 e. The molecule has 1 saturated heterocycles. The van der Waals surface area contributed by atoms with Gasteiger partial charge in [-0.2, -0.15) is 5.10 Å². The van der Waals surface area contributed by atoms with Crippen molar-refractivity contribution in [3.8, 4) is 17.2 Å². The van der Waals surface area contributed by atoms with Crippen LogP contribution in [0.1, 0.15) is 32.6 Å². The van der Waals surface area contributed by atoms with Gasteiger partial charge >= 0.3 is 5.69 Å². The number of hydrogen-bond acceptors (Lipinski definition) is 7. The van der Waals surface area contributed by atoms with E-state index in [0.29, 0.717) is 17.5 Å². The molecule has 9 nitrogen and oxygen atoms in total. The van der Waals surface area contributed by atoms with Crippen LogP contribution in [0.2, 0.25) is 0 Å². The molecule has 1 aliphatic heterocycles. The zero-order valence-corrected chi connectivity index (χ0v) is 16.8. The Bertz CT molecular complexity index is 982. The van der Waals surface area contributed by atoms with Crippen LogP contribution in [0, 0.1) is 16.0 Å². The van der Waals surface area contributed by atoms with Crippen molar-refractivity contribution >= 4 is 11.5 Å². The quantitative estimate of drug-likeness (QED) is 0.422. The Balaban J connectivity index is 1.55. The van der Waals surface area contributed by atoms with Crippen molar-refractivity contribution in [1.82, 2.24) is 19.7 Å². The lowest BCUT2D eigenvalue weighted by molar-refractivity contribution is -0.385.